The lowest BCUT2D eigenvalue weighted by Crippen LogP contribution is -2.35. The number of aromatic nitrogens is 2. The first kappa shape index (κ1) is 17.7. The van der Waals surface area contributed by atoms with E-state index in [4.69, 9.17) is 0 Å². The van der Waals surface area contributed by atoms with Crippen molar-refractivity contribution in [2.45, 2.75) is 39.0 Å². The molecule has 1 aliphatic carbocycles. The Morgan fingerprint density at radius 1 is 1.19 bits per heavy atom. The van der Waals surface area contributed by atoms with Crippen LogP contribution in [0.1, 0.15) is 47.9 Å². The lowest BCUT2D eigenvalue weighted by molar-refractivity contribution is -0.147. The normalized spacial score (nSPS) is 21.9. The van der Waals surface area contributed by atoms with Crippen molar-refractivity contribution < 1.29 is 19.1 Å². The van der Waals surface area contributed by atoms with Crippen LogP contribution in [0.25, 0.3) is 5.69 Å². The van der Waals surface area contributed by atoms with Gasteiger partial charge in [-0.25, -0.2) is 9.07 Å². The quantitative estimate of drug-likeness (QED) is 0.900. The highest BCUT2D eigenvalue weighted by Crippen LogP contribution is 2.33. The van der Waals surface area contributed by atoms with Crippen LogP contribution in [0.5, 0.6) is 0 Å². The summed E-state index contributed by atoms with van der Waals surface area (Å²) in [6, 6.07) is 6.07. The molecular formula is C20H22FN3O3. The van der Waals surface area contributed by atoms with Gasteiger partial charge in [0.05, 0.1) is 11.1 Å². The first-order chi connectivity index (χ1) is 12.9. The first-order valence-electron chi connectivity index (χ1n) is 9.28. The van der Waals surface area contributed by atoms with Crippen molar-refractivity contribution in [1.29, 1.82) is 0 Å². The number of carboxylic acid groups (broad SMARTS) is 1. The number of rotatable bonds is 3. The molecule has 1 aliphatic heterocycles. The SMILES string of the molecule is CC1(C(=O)O)CCN(C(=O)c2nn(-c3ccc(F)cc3)c3c2CCCC3)C1. The molecule has 1 aromatic heterocycles. The van der Waals surface area contributed by atoms with Gasteiger partial charge in [0.1, 0.15) is 5.82 Å². The van der Waals surface area contributed by atoms with Gasteiger partial charge >= 0.3 is 5.97 Å². The van der Waals surface area contributed by atoms with Crippen LogP contribution in [0, 0.1) is 11.2 Å². The van der Waals surface area contributed by atoms with Gasteiger partial charge in [-0.05, 0) is 63.3 Å². The summed E-state index contributed by atoms with van der Waals surface area (Å²) in [5, 5.41) is 14.0. The zero-order valence-corrected chi connectivity index (χ0v) is 15.2. The standard InChI is InChI=1S/C20H22FN3O3/c1-20(19(26)27)10-11-23(12-20)18(25)17-15-4-2-3-5-16(15)24(22-17)14-8-6-13(21)7-9-14/h6-9H,2-5,10-12H2,1H3,(H,26,27). The van der Waals surface area contributed by atoms with E-state index in [-0.39, 0.29) is 18.3 Å². The molecule has 7 heteroatoms. The maximum Gasteiger partial charge on any atom is 0.311 e. The van der Waals surface area contributed by atoms with E-state index in [1.807, 2.05) is 0 Å². The number of hydrogen-bond donors (Lipinski definition) is 1. The molecular weight excluding hydrogens is 349 g/mol. The van der Waals surface area contributed by atoms with Crippen LogP contribution in [0.15, 0.2) is 24.3 Å². The van der Waals surface area contributed by atoms with E-state index in [1.165, 1.54) is 12.1 Å². The molecule has 142 valence electrons. The summed E-state index contributed by atoms with van der Waals surface area (Å²) in [5.41, 5.74) is 2.17. The summed E-state index contributed by atoms with van der Waals surface area (Å²) >= 11 is 0. The highest BCUT2D eigenvalue weighted by atomic mass is 19.1. The monoisotopic (exact) mass is 371 g/mol. The van der Waals surface area contributed by atoms with Crippen LogP contribution in [-0.4, -0.2) is 44.8 Å². The smallest absolute Gasteiger partial charge is 0.311 e. The molecule has 27 heavy (non-hydrogen) atoms. The maximum absolute atomic E-state index is 13.3. The minimum absolute atomic E-state index is 0.194. The second-order valence-electron chi connectivity index (χ2n) is 7.71. The third kappa shape index (κ3) is 3.01. The van der Waals surface area contributed by atoms with Crippen molar-refractivity contribution >= 4 is 11.9 Å². The predicted octanol–water partition coefficient (Wildman–Crippen LogP) is 2.83. The fourth-order valence-corrected chi connectivity index (χ4v) is 4.03. The van der Waals surface area contributed by atoms with E-state index < -0.39 is 11.4 Å². The number of fused-ring (bicyclic) bond motifs is 1. The second kappa shape index (κ2) is 6.48. The fourth-order valence-electron chi connectivity index (χ4n) is 4.03. The number of hydrogen-bond acceptors (Lipinski definition) is 3. The third-order valence-corrected chi connectivity index (χ3v) is 5.73. The van der Waals surface area contributed by atoms with Gasteiger partial charge < -0.3 is 10.0 Å². The molecule has 0 spiro atoms. The number of aliphatic carboxylic acids is 1. The third-order valence-electron chi connectivity index (χ3n) is 5.73. The molecule has 1 atom stereocenters. The van der Waals surface area contributed by atoms with Crippen LogP contribution < -0.4 is 0 Å². The number of amides is 1. The van der Waals surface area contributed by atoms with Gasteiger partial charge in [-0.1, -0.05) is 0 Å². The molecule has 2 aromatic rings. The Balaban J connectivity index is 1.70. The number of nitrogens with zero attached hydrogens (tertiary/aromatic N) is 3. The highest BCUT2D eigenvalue weighted by molar-refractivity contribution is 5.95. The zero-order valence-electron chi connectivity index (χ0n) is 15.2. The number of carbonyl (C=O) groups is 2. The van der Waals surface area contributed by atoms with Crippen molar-refractivity contribution in [3.63, 3.8) is 0 Å². The molecule has 1 unspecified atom stereocenters. The second-order valence-corrected chi connectivity index (χ2v) is 7.71. The Hall–Kier alpha value is -2.70. The van der Waals surface area contributed by atoms with Crippen molar-refractivity contribution in [2.75, 3.05) is 13.1 Å². The van der Waals surface area contributed by atoms with Crippen LogP contribution in [0.2, 0.25) is 0 Å². The lowest BCUT2D eigenvalue weighted by atomic mass is 9.90. The van der Waals surface area contributed by atoms with E-state index in [2.05, 4.69) is 5.10 Å². The summed E-state index contributed by atoms with van der Waals surface area (Å²) in [4.78, 5) is 26.2. The van der Waals surface area contributed by atoms with Crippen LogP contribution >= 0.6 is 0 Å². The number of benzene rings is 1. The average Bonchev–Trinajstić information content (AvgIpc) is 3.24. The van der Waals surface area contributed by atoms with Crippen molar-refractivity contribution in [3.05, 3.63) is 47.0 Å². The topological polar surface area (TPSA) is 75.4 Å². The fraction of sp³-hybridized carbons (Fsp3) is 0.450. The summed E-state index contributed by atoms with van der Waals surface area (Å²) in [5.74, 6) is -1.41. The zero-order chi connectivity index (χ0) is 19.2. The Morgan fingerprint density at radius 2 is 1.89 bits per heavy atom. The van der Waals surface area contributed by atoms with Crippen LogP contribution in [-0.2, 0) is 17.6 Å². The number of likely N-dealkylation sites (tertiary alicyclic amines) is 1. The number of carboxylic acids is 1. The molecule has 1 fully saturated rings. The Morgan fingerprint density at radius 3 is 2.56 bits per heavy atom. The van der Waals surface area contributed by atoms with Crippen LogP contribution in [0.3, 0.4) is 0 Å². The summed E-state index contributed by atoms with van der Waals surface area (Å²) < 4.78 is 15.0. The molecule has 4 rings (SSSR count). The van der Waals surface area contributed by atoms with E-state index in [1.54, 1.807) is 28.6 Å². The summed E-state index contributed by atoms with van der Waals surface area (Å²) in [7, 11) is 0. The summed E-state index contributed by atoms with van der Waals surface area (Å²) in [6.45, 7) is 2.29. The van der Waals surface area contributed by atoms with Gasteiger partial charge in [0.15, 0.2) is 5.69 Å². The minimum Gasteiger partial charge on any atom is -0.481 e. The molecule has 0 saturated carbocycles. The molecule has 1 aromatic carbocycles. The Bertz CT molecular complexity index is 906. The Kier molecular flexibility index (Phi) is 4.25. The van der Waals surface area contributed by atoms with Gasteiger partial charge in [0.25, 0.3) is 5.91 Å². The molecule has 6 nitrogen and oxygen atoms in total. The molecule has 1 amide bonds. The van der Waals surface area contributed by atoms with Gasteiger partial charge in [0.2, 0.25) is 0 Å². The maximum atomic E-state index is 13.3. The molecule has 0 radical (unpaired) electrons. The molecule has 1 N–H and O–H groups in total. The number of carbonyl (C=O) groups excluding carboxylic acids is 1. The van der Waals surface area contributed by atoms with Crippen molar-refractivity contribution in [2.24, 2.45) is 5.41 Å². The van der Waals surface area contributed by atoms with E-state index in [9.17, 15) is 19.1 Å². The van der Waals surface area contributed by atoms with E-state index in [0.717, 1.165) is 42.6 Å². The number of halogens is 1. The highest BCUT2D eigenvalue weighted by Gasteiger charge is 2.43. The Labute approximate surface area is 156 Å². The first-order valence-corrected chi connectivity index (χ1v) is 9.28. The van der Waals surface area contributed by atoms with Gasteiger partial charge in [-0.3, -0.25) is 9.59 Å². The van der Waals surface area contributed by atoms with Gasteiger partial charge in [0, 0.05) is 24.3 Å². The average molecular weight is 371 g/mol. The summed E-state index contributed by atoms with van der Waals surface area (Å²) in [6.07, 6.45) is 4.06. The van der Waals surface area contributed by atoms with Gasteiger partial charge in [-0.15, -0.1) is 0 Å². The molecule has 2 heterocycles. The molecule has 1 saturated heterocycles. The van der Waals surface area contributed by atoms with E-state index >= 15 is 0 Å². The van der Waals surface area contributed by atoms with Crippen molar-refractivity contribution in [3.8, 4) is 5.69 Å². The van der Waals surface area contributed by atoms with Crippen molar-refractivity contribution in [1.82, 2.24) is 14.7 Å². The lowest BCUT2D eigenvalue weighted by Gasteiger charge is -2.20. The van der Waals surface area contributed by atoms with Gasteiger partial charge in [-0.2, -0.15) is 5.10 Å². The minimum atomic E-state index is -0.907. The van der Waals surface area contributed by atoms with Crippen LogP contribution in [0.4, 0.5) is 4.39 Å². The molecule has 2 aliphatic rings. The molecule has 0 bridgehead atoms. The predicted molar refractivity (Wildman–Crippen MR) is 96.4 cm³/mol. The van der Waals surface area contributed by atoms with E-state index in [0.29, 0.717) is 18.7 Å². The largest absolute Gasteiger partial charge is 0.481 e.